The van der Waals surface area contributed by atoms with Crippen molar-refractivity contribution in [2.24, 2.45) is 0 Å². The summed E-state index contributed by atoms with van der Waals surface area (Å²) in [6, 6.07) is -0.510. The molecule has 7 heteroatoms. The molecule has 1 heterocycles. The van der Waals surface area contributed by atoms with Crippen molar-refractivity contribution >= 4 is 17.8 Å². The molecule has 0 aromatic heterocycles. The van der Waals surface area contributed by atoms with Crippen molar-refractivity contribution in [2.45, 2.75) is 38.3 Å². The molecule has 102 valence electrons. The van der Waals surface area contributed by atoms with Gasteiger partial charge in [0.25, 0.3) is 0 Å². The molecule has 1 saturated heterocycles. The van der Waals surface area contributed by atoms with E-state index >= 15 is 0 Å². The van der Waals surface area contributed by atoms with Gasteiger partial charge >= 0.3 is 5.97 Å². The molecule has 18 heavy (non-hydrogen) atoms. The lowest BCUT2D eigenvalue weighted by Gasteiger charge is -2.17. The van der Waals surface area contributed by atoms with Crippen molar-refractivity contribution in [1.82, 2.24) is 10.6 Å². The number of nitrogens with one attached hydrogen (secondary N) is 2. The number of hydrogen-bond acceptors (Lipinski definition) is 4. The van der Waals surface area contributed by atoms with E-state index in [2.05, 4.69) is 10.6 Å². The maximum absolute atomic E-state index is 11.7. The summed E-state index contributed by atoms with van der Waals surface area (Å²) in [7, 11) is 0. The third kappa shape index (κ3) is 4.70. The van der Waals surface area contributed by atoms with E-state index in [4.69, 9.17) is 9.84 Å². The van der Waals surface area contributed by atoms with E-state index in [1.165, 1.54) is 0 Å². The molecule has 1 aliphatic rings. The van der Waals surface area contributed by atoms with Crippen LogP contribution in [-0.4, -0.2) is 48.2 Å². The number of rotatable bonds is 7. The number of carbonyl (C=O) groups excluding carboxylic acids is 2. The molecule has 3 N–H and O–H groups in total. The summed E-state index contributed by atoms with van der Waals surface area (Å²) in [5.74, 6) is -1.41. The summed E-state index contributed by atoms with van der Waals surface area (Å²) in [4.78, 5) is 33.2. The molecule has 0 spiro atoms. The Labute approximate surface area is 105 Å². The molecule has 0 bridgehead atoms. The minimum absolute atomic E-state index is 0.130. The van der Waals surface area contributed by atoms with Crippen LogP contribution in [0.25, 0.3) is 0 Å². The molecule has 0 aromatic carbocycles. The number of aliphatic carboxylic acids is 1. The standard InChI is InChI=1S/C11H18N2O5/c1-2-18-7(5-10(15)16)6-12-11(17)8-3-4-9(14)13-8/h7-8H,2-6H2,1H3,(H,12,17)(H,13,14)(H,15,16). The lowest BCUT2D eigenvalue weighted by atomic mass is 10.2. The molecule has 0 aliphatic carbocycles. The molecular weight excluding hydrogens is 240 g/mol. The maximum atomic E-state index is 11.7. The maximum Gasteiger partial charge on any atom is 0.306 e. The highest BCUT2D eigenvalue weighted by molar-refractivity contribution is 5.90. The predicted octanol–water partition coefficient (Wildman–Crippen LogP) is -0.739. The van der Waals surface area contributed by atoms with Crippen LogP contribution in [0.3, 0.4) is 0 Å². The average Bonchev–Trinajstić information content (AvgIpc) is 2.72. The lowest BCUT2D eigenvalue weighted by molar-refractivity contribution is -0.140. The summed E-state index contributed by atoms with van der Waals surface area (Å²) in [5.41, 5.74) is 0. The Hall–Kier alpha value is -1.63. The number of carbonyl (C=O) groups is 3. The predicted molar refractivity (Wildman–Crippen MR) is 61.8 cm³/mol. The van der Waals surface area contributed by atoms with Crippen LogP contribution >= 0.6 is 0 Å². The molecule has 2 unspecified atom stereocenters. The summed E-state index contributed by atoms with van der Waals surface area (Å²) in [6.45, 7) is 2.27. The second-order valence-electron chi connectivity index (χ2n) is 4.08. The van der Waals surface area contributed by atoms with Crippen LogP contribution in [0.1, 0.15) is 26.2 Å². The number of ether oxygens (including phenoxy) is 1. The first kappa shape index (κ1) is 14.4. The van der Waals surface area contributed by atoms with Gasteiger partial charge in [0.05, 0.1) is 12.5 Å². The van der Waals surface area contributed by atoms with Gasteiger partial charge in [0, 0.05) is 19.6 Å². The number of hydrogen-bond donors (Lipinski definition) is 3. The van der Waals surface area contributed by atoms with Gasteiger partial charge in [-0.3, -0.25) is 14.4 Å². The molecule has 2 amide bonds. The van der Waals surface area contributed by atoms with Gasteiger partial charge in [0.1, 0.15) is 6.04 Å². The molecule has 1 fully saturated rings. The first-order valence-electron chi connectivity index (χ1n) is 5.93. The zero-order valence-electron chi connectivity index (χ0n) is 10.3. The lowest BCUT2D eigenvalue weighted by Crippen LogP contribution is -2.44. The molecule has 1 aliphatic heterocycles. The van der Waals surface area contributed by atoms with Crippen molar-refractivity contribution < 1.29 is 24.2 Å². The fraction of sp³-hybridized carbons (Fsp3) is 0.727. The topological polar surface area (TPSA) is 105 Å². The van der Waals surface area contributed by atoms with E-state index in [9.17, 15) is 14.4 Å². The van der Waals surface area contributed by atoms with Crippen molar-refractivity contribution in [3.8, 4) is 0 Å². The van der Waals surface area contributed by atoms with Gasteiger partial charge in [-0.15, -0.1) is 0 Å². The molecule has 2 atom stereocenters. The Balaban J connectivity index is 2.34. The van der Waals surface area contributed by atoms with Gasteiger partial charge in [-0.1, -0.05) is 0 Å². The quantitative estimate of drug-likeness (QED) is 0.558. The number of carboxylic acid groups (broad SMARTS) is 1. The summed E-state index contributed by atoms with van der Waals surface area (Å²) >= 11 is 0. The van der Waals surface area contributed by atoms with Gasteiger partial charge in [0.2, 0.25) is 11.8 Å². The van der Waals surface area contributed by atoms with Crippen molar-refractivity contribution in [3.63, 3.8) is 0 Å². The van der Waals surface area contributed by atoms with Gasteiger partial charge < -0.3 is 20.5 Å². The third-order valence-electron chi connectivity index (χ3n) is 2.62. The minimum atomic E-state index is -0.975. The van der Waals surface area contributed by atoms with Crippen LogP contribution in [0.2, 0.25) is 0 Å². The molecular formula is C11H18N2O5. The highest BCUT2D eigenvalue weighted by Gasteiger charge is 2.27. The first-order valence-corrected chi connectivity index (χ1v) is 5.93. The normalized spacial score (nSPS) is 20.3. The monoisotopic (exact) mass is 258 g/mol. The summed E-state index contributed by atoms with van der Waals surface area (Å²) < 4.78 is 5.20. The number of carboxylic acids is 1. The number of amides is 2. The highest BCUT2D eigenvalue weighted by atomic mass is 16.5. The molecule has 0 saturated carbocycles. The van der Waals surface area contributed by atoms with Gasteiger partial charge in [-0.05, 0) is 13.3 Å². The Morgan fingerprint density at radius 3 is 2.83 bits per heavy atom. The van der Waals surface area contributed by atoms with Gasteiger partial charge in [-0.25, -0.2) is 0 Å². The van der Waals surface area contributed by atoms with Crippen LogP contribution < -0.4 is 10.6 Å². The third-order valence-corrected chi connectivity index (χ3v) is 2.62. The summed E-state index contributed by atoms with van der Waals surface area (Å²) in [5, 5.41) is 13.8. The van der Waals surface area contributed by atoms with E-state index in [0.29, 0.717) is 19.4 Å². The smallest absolute Gasteiger partial charge is 0.306 e. The Bertz CT molecular complexity index is 331. The van der Waals surface area contributed by atoms with Crippen LogP contribution in [0, 0.1) is 0 Å². The highest BCUT2D eigenvalue weighted by Crippen LogP contribution is 2.06. The van der Waals surface area contributed by atoms with Crippen molar-refractivity contribution in [1.29, 1.82) is 0 Å². The molecule has 0 radical (unpaired) electrons. The Kier molecular flexibility index (Phi) is 5.57. The average molecular weight is 258 g/mol. The SMILES string of the molecule is CCOC(CNC(=O)C1CCC(=O)N1)CC(=O)O. The van der Waals surface area contributed by atoms with Gasteiger partial charge in [0.15, 0.2) is 0 Å². The van der Waals surface area contributed by atoms with Crippen molar-refractivity contribution in [3.05, 3.63) is 0 Å². The van der Waals surface area contributed by atoms with E-state index in [1.807, 2.05) is 0 Å². The van der Waals surface area contributed by atoms with Crippen LogP contribution in [0.4, 0.5) is 0 Å². The minimum Gasteiger partial charge on any atom is -0.481 e. The second kappa shape index (κ2) is 6.95. The van der Waals surface area contributed by atoms with Crippen LogP contribution in [0.5, 0.6) is 0 Å². The van der Waals surface area contributed by atoms with E-state index < -0.39 is 18.1 Å². The van der Waals surface area contributed by atoms with E-state index in [0.717, 1.165) is 0 Å². The Morgan fingerprint density at radius 2 is 2.33 bits per heavy atom. The van der Waals surface area contributed by atoms with Gasteiger partial charge in [-0.2, -0.15) is 0 Å². The molecule has 7 nitrogen and oxygen atoms in total. The van der Waals surface area contributed by atoms with Crippen LogP contribution in [-0.2, 0) is 19.1 Å². The largest absolute Gasteiger partial charge is 0.481 e. The second-order valence-corrected chi connectivity index (χ2v) is 4.08. The molecule has 1 rings (SSSR count). The zero-order chi connectivity index (χ0) is 13.5. The van der Waals surface area contributed by atoms with E-state index in [1.54, 1.807) is 6.92 Å². The fourth-order valence-corrected chi connectivity index (χ4v) is 1.77. The van der Waals surface area contributed by atoms with E-state index in [-0.39, 0.29) is 24.8 Å². The van der Waals surface area contributed by atoms with Crippen molar-refractivity contribution in [2.75, 3.05) is 13.2 Å². The zero-order valence-corrected chi connectivity index (χ0v) is 10.3. The molecule has 0 aromatic rings. The summed E-state index contributed by atoms with van der Waals surface area (Å²) in [6.07, 6.45) is 0.115. The van der Waals surface area contributed by atoms with Crippen LogP contribution in [0.15, 0.2) is 0 Å². The first-order chi connectivity index (χ1) is 8.52. The fourth-order valence-electron chi connectivity index (χ4n) is 1.77. The Morgan fingerprint density at radius 1 is 1.61 bits per heavy atom.